The standard InChI is InChI=1S/C9H13N3O/c1-7-4-5-9(12(7)3)6-10-11-8(2)13/h4-6H,1-3H3,(H,11,13)/b10-6+. The molecule has 70 valence electrons. The Bertz CT molecular complexity index is 339. The Hall–Kier alpha value is -1.58. The number of amides is 1. The first-order chi connectivity index (χ1) is 6.11. The SMILES string of the molecule is CC(=O)N/N=C/c1ccc(C)n1C. The summed E-state index contributed by atoms with van der Waals surface area (Å²) in [5.41, 5.74) is 4.47. The second-order valence-electron chi connectivity index (χ2n) is 2.88. The number of aromatic nitrogens is 1. The Morgan fingerprint density at radius 3 is 2.77 bits per heavy atom. The van der Waals surface area contributed by atoms with E-state index < -0.39 is 0 Å². The van der Waals surface area contributed by atoms with Crippen LogP contribution >= 0.6 is 0 Å². The van der Waals surface area contributed by atoms with E-state index in [0.29, 0.717) is 0 Å². The van der Waals surface area contributed by atoms with Crippen LogP contribution in [0, 0.1) is 6.92 Å². The van der Waals surface area contributed by atoms with Crippen molar-refractivity contribution in [2.45, 2.75) is 13.8 Å². The fourth-order valence-corrected chi connectivity index (χ4v) is 0.952. The molecule has 1 N–H and O–H groups in total. The second kappa shape index (κ2) is 3.89. The number of hydrogen-bond acceptors (Lipinski definition) is 2. The molecule has 0 atom stereocenters. The minimum atomic E-state index is -0.165. The van der Waals surface area contributed by atoms with Gasteiger partial charge in [-0.1, -0.05) is 0 Å². The molecule has 0 saturated carbocycles. The van der Waals surface area contributed by atoms with Crippen LogP contribution < -0.4 is 5.43 Å². The minimum absolute atomic E-state index is 0.165. The summed E-state index contributed by atoms with van der Waals surface area (Å²) in [4.78, 5) is 10.5. The highest BCUT2D eigenvalue weighted by molar-refractivity contribution is 5.80. The molecule has 0 saturated heterocycles. The summed E-state index contributed by atoms with van der Waals surface area (Å²) in [5, 5.41) is 3.77. The Morgan fingerprint density at radius 1 is 1.62 bits per heavy atom. The lowest BCUT2D eigenvalue weighted by Crippen LogP contribution is -2.12. The minimum Gasteiger partial charge on any atom is -0.347 e. The zero-order valence-corrected chi connectivity index (χ0v) is 8.03. The third kappa shape index (κ3) is 2.43. The smallest absolute Gasteiger partial charge is 0.236 e. The van der Waals surface area contributed by atoms with Gasteiger partial charge in [0.25, 0.3) is 0 Å². The molecule has 1 heterocycles. The van der Waals surface area contributed by atoms with E-state index in [1.807, 2.05) is 30.7 Å². The largest absolute Gasteiger partial charge is 0.347 e. The van der Waals surface area contributed by atoms with E-state index in [9.17, 15) is 4.79 Å². The topological polar surface area (TPSA) is 46.4 Å². The van der Waals surface area contributed by atoms with Crippen LogP contribution in [0.3, 0.4) is 0 Å². The molecule has 0 aliphatic carbocycles. The molecule has 0 unspecified atom stereocenters. The summed E-state index contributed by atoms with van der Waals surface area (Å²) in [6, 6.07) is 3.94. The Labute approximate surface area is 77.3 Å². The highest BCUT2D eigenvalue weighted by Crippen LogP contribution is 2.02. The molecule has 1 aromatic rings. The summed E-state index contributed by atoms with van der Waals surface area (Å²) in [6.45, 7) is 3.43. The summed E-state index contributed by atoms with van der Waals surface area (Å²) < 4.78 is 1.99. The maximum Gasteiger partial charge on any atom is 0.236 e. The van der Waals surface area contributed by atoms with Crippen LogP contribution in [-0.4, -0.2) is 16.7 Å². The van der Waals surface area contributed by atoms with E-state index in [1.54, 1.807) is 6.21 Å². The monoisotopic (exact) mass is 179 g/mol. The van der Waals surface area contributed by atoms with Gasteiger partial charge in [0.2, 0.25) is 5.91 Å². The van der Waals surface area contributed by atoms with Gasteiger partial charge in [0, 0.05) is 19.7 Å². The normalized spacial score (nSPS) is 10.7. The Morgan fingerprint density at radius 2 is 2.31 bits per heavy atom. The first-order valence-corrected chi connectivity index (χ1v) is 4.03. The lowest BCUT2D eigenvalue weighted by atomic mass is 10.4. The van der Waals surface area contributed by atoms with Crippen LogP contribution in [0.2, 0.25) is 0 Å². The molecule has 0 aliphatic rings. The number of nitrogens with one attached hydrogen (secondary N) is 1. The van der Waals surface area contributed by atoms with Gasteiger partial charge in [-0.3, -0.25) is 4.79 Å². The summed E-state index contributed by atoms with van der Waals surface area (Å²) in [5.74, 6) is -0.165. The van der Waals surface area contributed by atoms with Gasteiger partial charge in [-0.25, -0.2) is 5.43 Å². The van der Waals surface area contributed by atoms with Gasteiger partial charge in [0.15, 0.2) is 0 Å². The number of hydrazone groups is 1. The molecule has 0 aliphatic heterocycles. The zero-order chi connectivity index (χ0) is 9.84. The summed E-state index contributed by atoms with van der Waals surface area (Å²) >= 11 is 0. The lowest BCUT2D eigenvalue weighted by molar-refractivity contribution is -0.118. The van der Waals surface area contributed by atoms with E-state index in [4.69, 9.17) is 0 Å². The van der Waals surface area contributed by atoms with Crippen LogP contribution in [0.1, 0.15) is 18.3 Å². The van der Waals surface area contributed by atoms with Crippen molar-refractivity contribution in [2.75, 3.05) is 0 Å². The molecule has 0 spiro atoms. The fraction of sp³-hybridized carbons (Fsp3) is 0.333. The average Bonchev–Trinajstić information content (AvgIpc) is 2.35. The summed E-state index contributed by atoms with van der Waals surface area (Å²) in [6.07, 6.45) is 1.62. The van der Waals surface area contributed by atoms with E-state index in [2.05, 4.69) is 10.5 Å². The van der Waals surface area contributed by atoms with Gasteiger partial charge in [0.1, 0.15) is 0 Å². The fourth-order valence-electron chi connectivity index (χ4n) is 0.952. The van der Waals surface area contributed by atoms with Gasteiger partial charge < -0.3 is 4.57 Å². The first kappa shape index (κ1) is 9.51. The van der Waals surface area contributed by atoms with Crippen molar-refractivity contribution in [3.05, 3.63) is 23.5 Å². The van der Waals surface area contributed by atoms with Crippen LogP contribution in [-0.2, 0) is 11.8 Å². The van der Waals surface area contributed by atoms with E-state index in [0.717, 1.165) is 11.4 Å². The van der Waals surface area contributed by atoms with Gasteiger partial charge >= 0.3 is 0 Å². The maximum absolute atomic E-state index is 10.5. The Kier molecular flexibility index (Phi) is 2.84. The molecule has 1 aromatic heterocycles. The summed E-state index contributed by atoms with van der Waals surface area (Å²) in [7, 11) is 1.95. The van der Waals surface area contributed by atoms with Crippen molar-refractivity contribution in [3.8, 4) is 0 Å². The quantitative estimate of drug-likeness (QED) is 0.530. The molecule has 13 heavy (non-hydrogen) atoms. The van der Waals surface area contributed by atoms with E-state index in [-0.39, 0.29) is 5.91 Å². The van der Waals surface area contributed by atoms with E-state index in [1.165, 1.54) is 6.92 Å². The van der Waals surface area contributed by atoms with Crippen LogP contribution in [0.25, 0.3) is 0 Å². The second-order valence-corrected chi connectivity index (χ2v) is 2.88. The molecule has 0 radical (unpaired) electrons. The van der Waals surface area contributed by atoms with Gasteiger partial charge in [-0.15, -0.1) is 0 Å². The number of hydrogen-bond donors (Lipinski definition) is 1. The number of nitrogens with zero attached hydrogens (tertiary/aromatic N) is 2. The molecular weight excluding hydrogens is 166 g/mol. The predicted molar refractivity (Wildman–Crippen MR) is 51.6 cm³/mol. The molecule has 4 heteroatoms. The van der Waals surface area contributed by atoms with Crippen molar-refractivity contribution < 1.29 is 4.79 Å². The van der Waals surface area contributed by atoms with Crippen LogP contribution in [0.5, 0.6) is 0 Å². The number of rotatable bonds is 2. The number of aryl methyl sites for hydroxylation is 1. The van der Waals surface area contributed by atoms with Gasteiger partial charge in [-0.05, 0) is 19.1 Å². The van der Waals surface area contributed by atoms with Gasteiger partial charge in [0.05, 0.1) is 11.9 Å². The molecule has 1 rings (SSSR count). The highest BCUT2D eigenvalue weighted by atomic mass is 16.2. The lowest BCUT2D eigenvalue weighted by Gasteiger charge is -1.98. The van der Waals surface area contributed by atoms with Crippen molar-refractivity contribution in [3.63, 3.8) is 0 Å². The predicted octanol–water partition coefficient (Wildman–Crippen LogP) is 0.804. The third-order valence-electron chi connectivity index (χ3n) is 1.83. The molecule has 0 fully saturated rings. The molecule has 0 aromatic carbocycles. The molecular formula is C9H13N3O. The zero-order valence-electron chi connectivity index (χ0n) is 8.03. The molecule has 4 nitrogen and oxygen atoms in total. The van der Waals surface area contributed by atoms with Crippen molar-refractivity contribution in [1.82, 2.24) is 9.99 Å². The highest BCUT2D eigenvalue weighted by Gasteiger charge is 1.96. The number of carbonyl (C=O) groups excluding carboxylic acids is 1. The molecule has 0 bridgehead atoms. The van der Waals surface area contributed by atoms with Gasteiger partial charge in [-0.2, -0.15) is 5.10 Å². The van der Waals surface area contributed by atoms with Crippen molar-refractivity contribution in [1.29, 1.82) is 0 Å². The van der Waals surface area contributed by atoms with E-state index >= 15 is 0 Å². The number of carbonyl (C=O) groups is 1. The average molecular weight is 179 g/mol. The van der Waals surface area contributed by atoms with Crippen molar-refractivity contribution >= 4 is 12.1 Å². The Balaban J connectivity index is 2.69. The molecule has 1 amide bonds. The van der Waals surface area contributed by atoms with Crippen molar-refractivity contribution in [2.24, 2.45) is 12.1 Å². The van der Waals surface area contributed by atoms with Crippen LogP contribution in [0.4, 0.5) is 0 Å². The van der Waals surface area contributed by atoms with Crippen LogP contribution in [0.15, 0.2) is 17.2 Å². The third-order valence-corrected chi connectivity index (χ3v) is 1.83. The maximum atomic E-state index is 10.5. The first-order valence-electron chi connectivity index (χ1n) is 4.03.